The summed E-state index contributed by atoms with van der Waals surface area (Å²) in [6, 6.07) is 0. The molecule has 0 unspecified atom stereocenters. The average Bonchev–Trinajstić information content (AvgIpc) is 1.82. The maximum absolute atomic E-state index is 10.6. The Balaban J connectivity index is 3.39. The van der Waals surface area contributed by atoms with Gasteiger partial charge in [-0.05, 0) is 0 Å². The fourth-order valence-corrected chi connectivity index (χ4v) is 2.79. The molecule has 0 radical (unpaired) electrons. The number of carbonyl (C=O) groups is 1. The van der Waals surface area contributed by atoms with Crippen LogP contribution in [0.2, 0.25) is 3.93 Å². The van der Waals surface area contributed by atoms with Crippen molar-refractivity contribution in [1.82, 2.24) is 0 Å². The van der Waals surface area contributed by atoms with Crippen LogP contribution in [-0.2, 0) is 32.5 Å². The monoisotopic (exact) mass is 316 g/mol. The molecule has 3 heteroatoms. The van der Waals surface area contributed by atoms with E-state index in [4.69, 9.17) is 2.64 Å². The van der Waals surface area contributed by atoms with Gasteiger partial charge in [-0.25, -0.2) is 0 Å². The quantitative estimate of drug-likeness (QED) is 0.583. The first-order chi connectivity index (χ1) is 4.18. The summed E-state index contributed by atoms with van der Waals surface area (Å²) in [4.78, 5) is 10.6. The Morgan fingerprint density at radius 1 is 1.78 bits per heavy atom. The predicted molar refractivity (Wildman–Crippen MR) is 31.4 cm³/mol. The average molecular weight is 315 g/mol. The Kier molecular flexibility index (Phi) is 5.05. The number of carbonyl (C=O) groups excluding carboxylic acids is 1. The molecule has 0 heterocycles. The van der Waals surface area contributed by atoms with Crippen LogP contribution in [-0.4, -0.2) is 5.97 Å². The van der Waals surface area contributed by atoms with Crippen molar-refractivity contribution in [2.75, 3.05) is 0 Å². The summed E-state index contributed by atoms with van der Waals surface area (Å²) in [5.74, 6) is -0.196. The first kappa shape index (κ1) is 9.15. The molecule has 0 N–H and O–H groups in total. The zero-order valence-electron chi connectivity index (χ0n) is 5.94. The molecule has 0 aliphatic heterocycles. The maximum atomic E-state index is 10.6. The molecule has 48 valence electrons. The molecule has 0 spiro atoms. The van der Waals surface area contributed by atoms with Crippen LogP contribution in [0.15, 0.2) is 12.2 Å². The first-order valence-electron chi connectivity index (χ1n) is 3.01. The third kappa shape index (κ3) is 4.64. The van der Waals surface area contributed by atoms with Gasteiger partial charge in [-0.2, -0.15) is 0 Å². The van der Waals surface area contributed by atoms with Crippen LogP contribution in [0.3, 0.4) is 0 Å². The summed E-state index contributed by atoms with van der Waals surface area (Å²) >= 11 is -1.22. The fraction of sp³-hybridized carbons (Fsp3) is 0.500. The van der Waals surface area contributed by atoms with Crippen LogP contribution in [0.1, 0.15) is 13.8 Å². The van der Waals surface area contributed by atoms with Gasteiger partial charge in [-0.3, -0.25) is 0 Å². The molecule has 0 fully saturated rings. The third-order valence-corrected chi connectivity index (χ3v) is 4.19. The molecule has 0 atom stereocenters. The topological polar surface area (TPSA) is 26.3 Å². The molecule has 0 amide bonds. The second-order valence-electron chi connectivity index (χ2n) is 1.92. The summed E-state index contributed by atoms with van der Waals surface area (Å²) in [5.41, 5.74) is 0.517. The van der Waals surface area contributed by atoms with Gasteiger partial charge >= 0.3 is 68.4 Å². The molecule has 0 rings (SSSR count). The molecule has 0 bridgehead atoms. The Hall–Kier alpha value is 0.145. The van der Waals surface area contributed by atoms with E-state index in [1.165, 1.54) is 0 Å². The molecular weight excluding hydrogens is 305 g/mol. The van der Waals surface area contributed by atoms with Crippen molar-refractivity contribution in [2.45, 2.75) is 17.8 Å². The van der Waals surface area contributed by atoms with E-state index in [1.54, 1.807) is 6.92 Å². The minimum absolute atomic E-state index is 0.196. The van der Waals surface area contributed by atoms with Crippen molar-refractivity contribution in [3.05, 3.63) is 12.2 Å². The van der Waals surface area contributed by atoms with E-state index in [1.807, 2.05) is 6.92 Å². The Labute approximate surface area is 68.4 Å². The first-order valence-corrected chi connectivity index (χ1v) is 9.14. The summed E-state index contributed by atoms with van der Waals surface area (Å²) in [6.07, 6.45) is 0. The molecule has 0 aromatic rings. The van der Waals surface area contributed by atoms with E-state index in [0.29, 0.717) is 5.57 Å². The van der Waals surface area contributed by atoms with Gasteiger partial charge in [0.1, 0.15) is 0 Å². The van der Waals surface area contributed by atoms with Crippen LogP contribution in [0, 0.1) is 0 Å². The third-order valence-electron chi connectivity index (χ3n) is 0.786. The standard InChI is InChI=1S/C4H6O2.C2H5.Hg/c1-3(2)4(5)6;1-2;/h1H2,2H3,(H,5,6);1H2,2H3;/q;;+1/p-1. The van der Waals surface area contributed by atoms with E-state index in [9.17, 15) is 4.79 Å². The van der Waals surface area contributed by atoms with Crippen molar-refractivity contribution >= 4 is 5.97 Å². The molecule has 2 nitrogen and oxygen atoms in total. The van der Waals surface area contributed by atoms with Crippen molar-refractivity contribution in [2.24, 2.45) is 0 Å². The van der Waals surface area contributed by atoms with Gasteiger partial charge in [-0.15, -0.1) is 0 Å². The molecule has 9 heavy (non-hydrogen) atoms. The number of rotatable bonds is 3. The van der Waals surface area contributed by atoms with Crippen molar-refractivity contribution in [1.29, 1.82) is 0 Å². The van der Waals surface area contributed by atoms with E-state index >= 15 is 0 Å². The van der Waals surface area contributed by atoms with Gasteiger partial charge in [-0.1, -0.05) is 0 Å². The van der Waals surface area contributed by atoms with Crippen molar-refractivity contribution in [3.63, 3.8) is 0 Å². The van der Waals surface area contributed by atoms with Crippen molar-refractivity contribution in [3.8, 4) is 0 Å². The van der Waals surface area contributed by atoms with Gasteiger partial charge in [0.2, 0.25) is 0 Å². The van der Waals surface area contributed by atoms with E-state index in [-0.39, 0.29) is 5.97 Å². The van der Waals surface area contributed by atoms with Crippen molar-refractivity contribution < 1.29 is 32.5 Å². The Morgan fingerprint density at radius 2 is 2.33 bits per heavy atom. The van der Waals surface area contributed by atoms with Gasteiger partial charge < -0.3 is 0 Å². The molecule has 0 aliphatic carbocycles. The SMILES string of the molecule is C=C(C)C(=O)[O][Hg][CH2]C. The second-order valence-corrected chi connectivity index (χ2v) is 8.51. The van der Waals surface area contributed by atoms with Crippen LogP contribution >= 0.6 is 0 Å². The van der Waals surface area contributed by atoms with Crippen LogP contribution in [0.25, 0.3) is 0 Å². The summed E-state index contributed by atoms with van der Waals surface area (Å²) < 4.78 is 6.02. The summed E-state index contributed by atoms with van der Waals surface area (Å²) in [5, 5.41) is 0. The minimum atomic E-state index is -1.22. The molecule has 0 aliphatic rings. The molecule has 0 aromatic carbocycles. The van der Waals surface area contributed by atoms with E-state index in [0.717, 1.165) is 3.93 Å². The second kappa shape index (κ2) is 4.97. The Morgan fingerprint density at radius 3 is 2.67 bits per heavy atom. The fourth-order valence-electron chi connectivity index (χ4n) is 0.318. The van der Waals surface area contributed by atoms with Crippen LogP contribution < -0.4 is 0 Å². The van der Waals surface area contributed by atoms with Gasteiger partial charge in [0, 0.05) is 0 Å². The molecule has 0 saturated carbocycles. The van der Waals surface area contributed by atoms with Crippen LogP contribution in [0.5, 0.6) is 0 Å². The van der Waals surface area contributed by atoms with Gasteiger partial charge in [0.05, 0.1) is 0 Å². The van der Waals surface area contributed by atoms with Gasteiger partial charge in [0.15, 0.2) is 0 Å². The zero-order chi connectivity index (χ0) is 7.28. The molecular formula is C6H10HgO2. The number of hydrogen-bond donors (Lipinski definition) is 0. The van der Waals surface area contributed by atoms with E-state index < -0.39 is 25.0 Å². The number of hydrogen-bond acceptors (Lipinski definition) is 2. The predicted octanol–water partition coefficient (Wildman–Crippen LogP) is 1.54. The zero-order valence-corrected chi connectivity index (χ0v) is 11.4. The van der Waals surface area contributed by atoms with E-state index in [2.05, 4.69) is 6.58 Å². The van der Waals surface area contributed by atoms with Gasteiger partial charge in [0.25, 0.3) is 0 Å². The normalized spacial score (nSPS) is 7.78. The molecule has 0 aromatic heterocycles. The summed E-state index contributed by atoms with van der Waals surface area (Å²) in [6.45, 7) is 7.19. The molecule has 0 saturated heterocycles. The van der Waals surface area contributed by atoms with Crippen LogP contribution in [0.4, 0.5) is 0 Å². The Bertz CT molecular complexity index is 120. The summed E-state index contributed by atoms with van der Waals surface area (Å²) in [7, 11) is 0.